The minimum atomic E-state index is -0.477. The lowest BCUT2D eigenvalue weighted by Crippen LogP contribution is -2.00. The molecular weight excluding hydrogens is 380 g/mol. The SMILES string of the molecule is C=CCS/C(=N\Nc1c(C)cccc1CC)SCc1ccc(C(=O)OC)o1. The summed E-state index contributed by atoms with van der Waals surface area (Å²) in [4.78, 5) is 11.5. The van der Waals surface area contributed by atoms with Crippen LogP contribution in [-0.4, -0.2) is 23.2 Å². The first-order valence-corrected chi connectivity index (χ1v) is 10.5. The van der Waals surface area contributed by atoms with E-state index in [0.29, 0.717) is 11.5 Å². The Kier molecular flexibility index (Phi) is 8.54. The highest BCUT2D eigenvalue weighted by molar-refractivity contribution is 8.38. The number of esters is 1. The Labute approximate surface area is 168 Å². The second-order valence-corrected chi connectivity index (χ2v) is 7.83. The van der Waals surface area contributed by atoms with Crippen LogP contribution in [0.25, 0.3) is 0 Å². The molecule has 0 bridgehead atoms. The monoisotopic (exact) mass is 404 g/mol. The zero-order chi connectivity index (χ0) is 19.6. The number of methoxy groups -OCH3 is 1. The summed E-state index contributed by atoms with van der Waals surface area (Å²) in [6.45, 7) is 7.96. The zero-order valence-electron chi connectivity index (χ0n) is 15.8. The predicted octanol–water partition coefficient (Wildman–Crippen LogP) is 5.47. The summed E-state index contributed by atoms with van der Waals surface area (Å²) >= 11 is 3.14. The van der Waals surface area contributed by atoms with Gasteiger partial charge in [-0.15, -0.1) is 6.58 Å². The number of benzene rings is 1. The van der Waals surface area contributed by atoms with Gasteiger partial charge in [-0.25, -0.2) is 4.79 Å². The molecule has 0 aliphatic rings. The van der Waals surface area contributed by atoms with Crippen molar-refractivity contribution in [2.45, 2.75) is 26.0 Å². The molecule has 1 aromatic carbocycles. The Morgan fingerprint density at radius 3 is 2.85 bits per heavy atom. The molecule has 0 saturated carbocycles. The lowest BCUT2D eigenvalue weighted by atomic mass is 10.1. The molecule has 1 N–H and O–H groups in total. The number of ether oxygens (including phenoxy) is 1. The summed E-state index contributed by atoms with van der Waals surface area (Å²) in [7, 11) is 1.33. The first-order valence-electron chi connectivity index (χ1n) is 8.54. The summed E-state index contributed by atoms with van der Waals surface area (Å²) in [5, 5.41) is 4.59. The highest BCUT2D eigenvalue weighted by atomic mass is 32.2. The van der Waals surface area contributed by atoms with E-state index >= 15 is 0 Å². The molecule has 0 aliphatic heterocycles. The Hall–Kier alpha value is -2.12. The molecule has 0 spiro atoms. The van der Waals surface area contributed by atoms with E-state index in [1.165, 1.54) is 12.7 Å². The van der Waals surface area contributed by atoms with Gasteiger partial charge in [0.05, 0.1) is 18.6 Å². The van der Waals surface area contributed by atoms with Gasteiger partial charge in [-0.1, -0.05) is 54.7 Å². The molecule has 0 saturated heterocycles. The number of para-hydroxylation sites is 1. The van der Waals surface area contributed by atoms with Crippen LogP contribution in [-0.2, 0) is 16.9 Å². The maximum Gasteiger partial charge on any atom is 0.373 e. The smallest absolute Gasteiger partial charge is 0.373 e. The second kappa shape index (κ2) is 10.9. The number of thioether (sulfide) groups is 2. The van der Waals surface area contributed by atoms with Gasteiger partial charge in [-0.05, 0) is 36.6 Å². The van der Waals surface area contributed by atoms with Crippen molar-refractivity contribution in [1.82, 2.24) is 0 Å². The van der Waals surface area contributed by atoms with Crippen molar-refractivity contribution < 1.29 is 13.9 Å². The highest BCUT2D eigenvalue weighted by Crippen LogP contribution is 2.25. The molecule has 144 valence electrons. The van der Waals surface area contributed by atoms with E-state index in [1.54, 1.807) is 35.7 Å². The predicted molar refractivity (Wildman–Crippen MR) is 116 cm³/mol. The van der Waals surface area contributed by atoms with Crippen LogP contribution in [0.15, 0.2) is 52.5 Å². The second-order valence-electron chi connectivity index (χ2n) is 5.60. The van der Waals surface area contributed by atoms with Crippen molar-refractivity contribution in [3.8, 4) is 0 Å². The lowest BCUT2D eigenvalue weighted by Gasteiger charge is -2.11. The van der Waals surface area contributed by atoms with Gasteiger partial charge in [-0.3, -0.25) is 5.43 Å². The molecule has 0 aliphatic carbocycles. The van der Waals surface area contributed by atoms with E-state index in [9.17, 15) is 4.79 Å². The Bertz CT molecular complexity index is 815. The molecule has 0 fully saturated rings. The number of rotatable bonds is 8. The quantitative estimate of drug-likeness (QED) is 0.207. The maximum atomic E-state index is 11.5. The number of carbonyl (C=O) groups is 1. The molecule has 0 amide bonds. The normalized spacial score (nSPS) is 11.3. The minimum Gasteiger partial charge on any atom is -0.463 e. The number of nitrogens with one attached hydrogen (secondary N) is 1. The minimum absolute atomic E-state index is 0.205. The molecule has 2 aromatic rings. The van der Waals surface area contributed by atoms with E-state index in [-0.39, 0.29) is 5.76 Å². The van der Waals surface area contributed by atoms with Crippen molar-refractivity contribution in [1.29, 1.82) is 0 Å². The third kappa shape index (κ3) is 6.22. The van der Waals surface area contributed by atoms with Crippen LogP contribution in [0.2, 0.25) is 0 Å². The third-order valence-electron chi connectivity index (χ3n) is 3.71. The number of hydrogen-bond donors (Lipinski definition) is 1. The molecule has 7 heteroatoms. The summed E-state index contributed by atoms with van der Waals surface area (Å²) in [5.41, 5.74) is 6.65. The van der Waals surface area contributed by atoms with Crippen molar-refractivity contribution in [2.75, 3.05) is 18.3 Å². The molecule has 27 heavy (non-hydrogen) atoms. The van der Waals surface area contributed by atoms with Gasteiger partial charge < -0.3 is 9.15 Å². The van der Waals surface area contributed by atoms with E-state index in [0.717, 1.165) is 27.8 Å². The lowest BCUT2D eigenvalue weighted by molar-refractivity contribution is 0.0563. The van der Waals surface area contributed by atoms with Crippen molar-refractivity contribution in [3.05, 3.63) is 65.6 Å². The highest BCUT2D eigenvalue weighted by Gasteiger charge is 2.12. The molecule has 5 nitrogen and oxygen atoms in total. The summed E-state index contributed by atoms with van der Waals surface area (Å²) in [6.07, 6.45) is 2.78. The van der Waals surface area contributed by atoms with Gasteiger partial charge in [-0.2, -0.15) is 5.10 Å². The van der Waals surface area contributed by atoms with Crippen LogP contribution < -0.4 is 5.43 Å². The van der Waals surface area contributed by atoms with Gasteiger partial charge >= 0.3 is 5.97 Å². The summed E-state index contributed by atoms with van der Waals surface area (Å²) in [5.74, 6) is 1.74. The number of aryl methyl sites for hydroxylation is 2. The van der Waals surface area contributed by atoms with Crippen molar-refractivity contribution >= 4 is 39.6 Å². The number of hydrogen-bond acceptors (Lipinski definition) is 7. The first-order chi connectivity index (χ1) is 13.1. The van der Waals surface area contributed by atoms with E-state index in [4.69, 9.17) is 4.42 Å². The van der Waals surface area contributed by atoms with Crippen molar-refractivity contribution in [2.24, 2.45) is 5.10 Å². The Morgan fingerprint density at radius 2 is 2.15 bits per heavy atom. The van der Waals surface area contributed by atoms with Gasteiger partial charge in [0.1, 0.15) is 5.76 Å². The number of carbonyl (C=O) groups excluding carboxylic acids is 1. The standard InChI is InChI=1S/C20H24N2O3S2/c1-5-12-26-20(22-21-18-14(3)8-7-9-15(18)6-2)27-13-16-10-11-17(25-16)19(23)24-4/h5,7-11,21H,1,6,12-13H2,2-4H3/b22-20+. The fraction of sp³-hybridized carbons (Fsp3) is 0.300. The molecule has 2 rings (SSSR count). The average molecular weight is 405 g/mol. The third-order valence-corrected chi connectivity index (χ3v) is 5.92. The van der Waals surface area contributed by atoms with Gasteiger partial charge in [0.15, 0.2) is 4.38 Å². The molecule has 0 radical (unpaired) electrons. The van der Waals surface area contributed by atoms with Crippen LogP contribution in [0.3, 0.4) is 0 Å². The number of hydrazone groups is 1. The van der Waals surface area contributed by atoms with E-state index in [2.05, 4.69) is 53.9 Å². The molecular formula is C20H24N2O3S2. The fourth-order valence-corrected chi connectivity index (χ4v) is 3.94. The van der Waals surface area contributed by atoms with Gasteiger partial charge in [0, 0.05) is 5.75 Å². The number of furan rings is 1. The Morgan fingerprint density at radius 1 is 1.33 bits per heavy atom. The molecule has 0 atom stereocenters. The first kappa shape index (κ1) is 21.2. The molecule has 1 heterocycles. The average Bonchev–Trinajstić information content (AvgIpc) is 3.16. The van der Waals surface area contributed by atoms with Gasteiger partial charge in [0.2, 0.25) is 5.76 Å². The largest absolute Gasteiger partial charge is 0.463 e. The van der Waals surface area contributed by atoms with Gasteiger partial charge in [0.25, 0.3) is 0 Å². The van der Waals surface area contributed by atoms with E-state index < -0.39 is 5.97 Å². The molecule has 1 aromatic heterocycles. The summed E-state index contributed by atoms with van der Waals surface area (Å²) < 4.78 is 11.0. The van der Waals surface area contributed by atoms with Crippen LogP contribution in [0.5, 0.6) is 0 Å². The Balaban J connectivity index is 2.08. The zero-order valence-corrected chi connectivity index (χ0v) is 17.4. The van der Waals surface area contributed by atoms with E-state index in [1.807, 2.05) is 6.08 Å². The maximum absolute atomic E-state index is 11.5. The van der Waals surface area contributed by atoms with Crippen LogP contribution >= 0.6 is 23.5 Å². The summed E-state index contributed by atoms with van der Waals surface area (Å²) in [6, 6.07) is 9.62. The number of anilines is 1. The van der Waals surface area contributed by atoms with Crippen LogP contribution in [0, 0.1) is 6.92 Å². The van der Waals surface area contributed by atoms with Crippen LogP contribution in [0.1, 0.15) is 34.4 Å². The topological polar surface area (TPSA) is 63.8 Å². The molecule has 0 unspecified atom stereocenters. The van der Waals surface area contributed by atoms with Crippen LogP contribution in [0.4, 0.5) is 5.69 Å². The number of nitrogens with zero attached hydrogens (tertiary/aromatic N) is 1. The fourth-order valence-electron chi connectivity index (χ4n) is 2.32. The van der Waals surface area contributed by atoms with Crippen molar-refractivity contribution in [3.63, 3.8) is 0 Å².